The van der Waals surface area contributed by atoms with Gasteiger partial charge in [-0.3, -0.25) is 10.2 Å². The molecule has 3 rings (SSSR count). The van der Waals surface area contributed by atoms with Gasteiger partial charge >= 0.3 is 0 Å². The Bertz CT molecular complexity index is 380. The minimum Gasteiger partial charge on any atom is -0.352 e. The van der Waals surface area contributed by atoms with E-state index in [2.05, 4.69) is 41.4 Å². The summed E-state index contributed by atoms with van der Waals surface area (Å²) in [5.74, 6) is 0. The van der Waals surface area contributed by atoms with E-state index in [1.165, 1.54) is 11.1 Å². The predicted octanol–water partition coefficient (Wildman–Crippen LogP) is 1.13. The van der Waals surface area contributed by atoms with E-state index in [9.17, 15) is 0 Å². The number of hydrogen-bond donors (Lipinski definition) is 1. The summed E-state index contributed by atoms with van der Waals surface area (Å²) in [5, 5.41) is 3.38. The Morgan fingerprint density at radius 2 is 2.44 bits per heavy atom. The Kier molecular flexibility index (Phi) is 2.67. The van der Waals surface area contributed by atoms with E-state index in [1.807, 2.05) is 0 Å². The van der Waals surface area contributed by atoms with E-state index >= 15 is 0 Å². The number of aryl methyl sites for hydroxylation is 1. The molecule has 2 unspecified atom stereocenters. The van der Waals surface area contributed by atoms with E-state index in [0.29, 0.717) is 12.3 Å². The van der Waals surface area contributed by atoms with Crippen LogP contribution in [0.3, 0.4) is 0 Å². The van der Waals surface area contributed by atoms with Crippen LogP contribution in [-0.2, 0) is 11.3 Å². The van der Waals surface area contributed by atoms with Crippen LogP contribution in [0.1, 0.15) is 11.1 Å². The molecule has 0 saturated carbocycles. The standard InChI is InChI=1S/C13H18N2O/c1-10-3-2-4-11(7-10)8-15-6-5-14-13-12(9-15)16-13/h2-4,7,12-14H,5-6,8-9H2,1H3. The molecule has 2 heterocycles. The number of rotatable bonds is 2. The molecule has 0 spiro atoms. The average molecular weight is 218 g/mol. The van der Waals surface area contributed by atoms with Crippen molar-refractivity contribution in [1.29, 1.82) is 0 Å². The lowest BCUT2D eigenvalue weighted by Gasteiger charge is -2.20. The van der Waals surface area contributed by atoms with Crippen molar-refractivity contribution >= 4 is 0 Å². The van der Waals surface area contributed by atoms with Crippen LogP contribution in [0.2, 0.25) is 0 Å². The first kappa shape index (κ1) is 10.3. The Labute approximate surface area is 96.4 Å². The second kappa shape index (κ2) is 4.17. The summed E-state index contributed by atoms with van der Waals surface area (Å²) in [7, 11) is 0. The normalized spacial score (nSPS) is 29.6. The van der Waals surface area contributed by atoms with Crippen LogP contribution in [0.25, 0.3) is 0 Å². The van der Waals surface area contributed by atoms with Crippen LogP contribution in [0, 0.1) is 6.92 Å². The summed E-state index contributed by atoms with van der Waals surface area (Å²) < 4.78 is 5.50. The van der Waals surface area contributed by atoms with Crippen LogP contribution in [0.5, 0.6) is 0 Å². The van der Waals surface area contributed by atoms with Crippen molar-refractivity contribution in [3.63, 3.8) is 0 Å². The molecule has 0 amide bonds. The third-order valence-electron chi connectivity index (χ3n) is 3.28. The van der Waals surface area contributed by atoms with Crippen molar-refractivity contribution in [2.75, 3.05) is 19.6 Å². The number of benzene rings is 1. The van der Waals surface area contributed by atoms with E-state index in [4.69, 9.17) is 4.74 Å². The van der Waals surface area contributed by atoms with Gasteiger partial charge in [0.15, 0.2) is 0 Å². The molecule has 2 aliphatic rings. The SMILES string of the molecule is Cc1cccc(CN2CCNC3OC3C2)c1. The lowest BCUT2D eigenvalue weighted by molar-refractivity contribution is 0.219. The number of hydrogen-bond acceptors (Lipinski definition) is 3. The molecule has 2 saturated heterocycles. The molecule has 3 heteroatoms. The van der Waals surface area contributed by atoms with Crippen molar-refractivity contribution < 1.29 is 4.74 Å². The smallest absolute Gasteiger partial charge is 0.136 e. The number of fused-ring (bicyclic) bond motifs is 1. The molecule has 3 nitrogen and oxygen atoms in total. The second-order valence-corrected chi connectivity index (χ2v) is 4.77. The zero-order valence-electron chi connectivity index (χ0n) is 9.65. The third-order valence-corrected chi connectivity index (χ3v) is 3.28. The lowest BCUT2D eigenvalue weighted by atomic mass is 10.1. The highest BCUT2D eigenvalue weighted by Crippen LogP contribution is 2.23. The minimum absolute atomic E-state index is 0.336. The fraction of sp³-hybridized carbons (Fsp3) is 0.538. The van der Waals surface area contributed by atoms with Crippen LogP contribution in [-0.4, -0.2) is 36.9 Å². The van der Waals surface area contributed by atoms with Crippen molar-refractivity contribution in [2.45, 2.75) is 25.8 Å². The molecule has 0 bridgehead atoms. The maximum atomic E-state index is 5.50. The first-order valence-electron chi connectivity index (χ1n) is 5.98. The van der Waals surface area contributed by atoms with Crippen LogP contribution >= 0.6 is 0 Å². The van der Waals surface area contributed by atoms with E-state index in [0.717, 1.165) is 26.2 Å². The largest absolute Gasteiger partial charge is 0.352 e. The van der Waals surface area contributed by atoms with Gasteiger partial charge < -0.3 is 4.74 Å². The van der Waals surface area contributed by atoms with E-state index < -0.39 is 0 Å². The highest BCUT2D eigenvalue weighted by Gasteiger charge is 2.41. The number of ether oxygens (including phenoxy) is 1. The molecule has 1 aromatic carbocycles. The van der Waals surface area contributed by atoms with Gasteiger partial charge in [-0.25, -0.2) is 0 Å². The highest BCUT2D eigenvalue weighted by atomic mass is 16.6. The summed E-state index contributed by atoms with van der Waals surface area (Å²) in [5.41, 5.74) is 2.74. The Morgan fingerprint density at radius 1 is 1.50 bits per heavy atom. The summed E-state index contributed by atoms with van der Waals surface area (Å²) in [4.78, 5) is 2.47. The topological polar surface area (TPSA) is 27.8 Å². The highest BCUT2D eigenvalue weighted by molar-refractivity contribution is 5.22. The maximum absolute atomic E-state index is 5.50. The number of nitrogens with one attached hydrogen (secondary N) is 1. The quantitative estimate of drug-likeness (QED) is 0.754. The zero-order chi connectivity index (χ0) is 11.0. The van der Waals surface area contributed by atoms with Gasteiger partial charge in [-0.15, -0.1) is 0 Å². The summed E-state index contributed by atoms with van der Waals surface area (Å²) in [6.45, 7) is 6.40. The monoisotopic (exact) mass is 218 g/mol. The second-order valence-electron chi connectivity index (χ2n) is 4.77. The number of nitrogens with zero attached hydrogens (tertiary/aromatic N) is 1. The third kappa shape index (κ3) is 2.26. The van der Waals surface area contributed by atoms with Crippen molar-refractivity contribution in [2.24, 2.45) is 0 Å². The predicted molar refractivity (Wildman–Crippen MR) is 63.1 cm³/mol. The molecule has 0 aromatic heterocycles. The summed E-state index contributed by atoms with van der Waals surface area (Å²) in [6.07, 6.45) is 0.759. The molecular formula is C13H18N2O. The average Bonchev–Trinajstić information content (AvgIpc) is 2.95. The van der Waals surface area contributed by atoms with Gasteiger partial charge in [0.2, 0.25) is 0 Å². The molecule has 86 valence electrons. The molecule has 2 aliphatic heterocycles. The fourth-order valence-electron chi connectivity index (χ4n) is 2.38. The van der Waals surface area contributed by atoms with Gasteiger partial charge in [-0.1, -0.05) is 29.8 Å². The minimum atomic E-state index is 0.336. The van der Waals surface area contributed by atoms with Crippen molar-refractivity contribution in [3.8, 4) is 0 Å². The van der Waals surface area contributed by atoms with Gasteiger partial charge in [0.05, 0.1) is 0 Å². The van der Waals surface area contributed by atoms with Gasteiger partial charge in [0.25, 0.3) is 0 Å². The molecule has 1 N–H and O–H groups in total. The van der Waals surface area contributed by atoms with Gasteiger partial charge in [0, 0.05) is 26.2 Å². The molecule has 2 fully saturated rings. The van der Waals surface area contributed by atoms with Crippen molar-refractivity contribution in [3.05, 3.63) is 35.4 Å². The first-order chi connectivity index (χ1) is 7.81. The van der Waals surface area contributed by atoms with Crippen molar-refractivity contribution in [1.82, 2.24) is 10.2 Å². The summed E-state index contributed by atoms with van der Waals surface area (Å²) >= 11 is 0. The van der Waals surface area contributed by atoms with Gasteiger partial charge in [-0.05, 0) is 12.5 Å². The van der Waals surface area contributed by atoms with E-state index in [1.54, 1.807) is 0 Å². The van der Waals surface area contributed by atoms with E-state index in [-0.39, 0.29) is 0 Å². The Morgan fingerprint density at radius 3 is 3.31 bits per heavy atom. The lowest BCUT2D eigenvalue weighted by Crippen LogP contribution is -2.30. The molecule has 0 aliphatic carbocycles. The van der Waals surface area contributed by atoms with Gasteiger partial charge in [-0.2, -0.15) is 0 Å². The van der Waals surface area contributed by atoms with Gasteiger partial charge in [0.1, 0.15) is 12.3 Å². The zero-order valence-corrected chi connectivity index (χ0v) is 9.65. The van der Waals surface area contributed by atoms with Crippen LogP contribution in [0.15, 0.2) is 24.3 Å². The molecule has 16 heavy (non-hydrogen) atoms. The molecule has 0 radical (unpaired) electrons. The first-order valence-corrected chi connectivity index (χ1v) is 5.98. The van der Waals surface area contributed by atoms with Crippen LogP contribution < -0.4 is 5.32 Å². The molecule has 2 atom stereocenters. The number of epoxide rings is 1. The maximum Gasteiger partial charge on any atom is 0.136 e. The Balaban J connectivity index is 1.64. The van der Waals surface area contributed by atoms with Crippen LogP contribution in [0.4, 0.5) is 0 Å². The molecule has 1 aromatic rings. The molecular weight excluding hydrogens is 200 g/mol. The Hall–Kier alpha value is -0.900. The summed E-state index contributed by atoms with van der Waals surface area (Å²) in [6, 6.07) is 8.75. The fourth-order valence-corrected chi connectivity index (χ4v) is 2.38.